The lowest BCUT2D eigenvalue weighted by molar-refractivity contribution is -0.124. The number of amides is 3. The van der Waals surface area contributed by atoms with E-state index in [1.807, 2.05) is 6.92 Å². The third-order valence-electron chi connectivity index (χ3n) is 7.55. The Kier molecular flexibility index (Phi) is 3.97. The number of halogens is 1. The summed E-state index contributed by atoms with van der Waals surface area (Å²) in [4.78, 5) is 40.8. The summed E-state index contributed by atoms with van der Waals surface area (Å²) in [5, 5.41) is 3.44. The predicted molar refractivity (Wildman–Crippen MR) is 118 cm³/mol. The minimum atomic E-state index is -0.313. The van der Waals surface area contributed by atoms with E-state index in [0.717, 1.165) is 12.0 Å². The van der Waals surface area contributed by atoms with Crippen LogP contribution in [0.15, 0.2) is 54.6 Å². The molecular formula is C25H21ClN2O3. The van der Waals surface area contributed by atoms with Gasteiger partial charge in [-0.3, -0.25) is 14.4 Å². The average Bonchev–Trinajstić information content (AvgIpc) is 3.55. The number of imide groups is 1. The van der Waals surface area contributed by atoms with Gasteiger partial charge in [0.1, 0.15) is 0 Å². The summed E-state index contributed by atoms with van der Waals surface area (Å²) in [7, 11) is 0. The fourth-order valence-electron chi connectivity index (χ4n) is 5.94. The van der Waals surface area contributed by atoms with Gasteiger partial charge in [-0.1, -0.05) is 35.9 Å². The first-order chi connectivity index (χ1) is 15.0. The standard InChI is InChI=1S/C25H21ClN2O3/c1-12-19(26)6-3-7-20(12)27-23(29)13-4-2-5-14(10-13)28-24(30)21-15-8-9-16(18-11-17(15)18)22(21)25(28)31/h2-10,15-18,21-22H,11H2,1H3,(H,27,29)/t15-,16-,17-,18+,21+,22+/m0/s1. The van der Waals surface area contributed by atoms with E-state index in [1.165, 1.54) is 4.90 Å². The molecule has 5 aliphatic rings. The summed E-state index contributed by atoms with van der Waals surface area (Å²) in [5.41, 5.74) is 2.26. The van der Waals surface area contributed by atoms with Gasteiger partial charge in [0.15, 0.2) is 0 Å². The third kappa shape index (κ3) is 2.66. The highest BCUT2D eigenvalue weighted by molar-refractivity contribution is 6.31. The molecule has 156 valence electrons. The molecule has 7 rings (SSSR count). The molecule has 1 N–H and O–H groups in total. The molecule has 3 amide bonds. The molecule has 4 aliphatic carbocycles. The van der Waals surface area contributed by atoms with E-state index >= 15 is 0 Å². The molecule has 1 saturated heterocycles. The van der Waals surface area contributed by atoms with Crippen molar-refractivity contribution in [3.63, 3.8) is 0 Å². The molecule has 6 atom stereocenters. The van der Waals surface area contributed by atoms with E-state index in [1.54, 1.807) is 42.5 Å². The van der Waals surface area contributed by atoms with Crippen molar-refractivity contribution >= 4 is 40.7 Å². The largest absolute Gasteiger partial charge is 0.322 e. The van der Waals surface area contributed by atoms with E-state index in [2.05, 4.69) is 17.5 Å². The summed E-state index contributed by atoms with van der Waals surface area (Å²) in [6, 6.07) is 12.1. The Morgan fingerprint density at radius 2 is 1.65 bits per heavy atom. The van der Waals surface area contributed by atoms with Crippen LogP contribution in [-0.2, 0) is 9.59 Å². The molecule has 2 saturated carbocycles. The van der Waals surface area contributed by atoms with Crippen LogP contribution in [0, 0.1) is 42.4 Å². The molecule has 31 heavy (non-hydrogen) atoms. The lowest BCUT2D eigenvalue weighted by atomic mass is 9.63. The number of nitrogens with one attached hydrogen (secondary N) is 1. The Balaban J connectivity index is 1.29. The maximum atomic E-state index is 13.3. The van der Waals surface area contributed by atoms with Gasteiger partial charge in [-0.25, -0.2) is 4.90 Å². The first-order valence-corrected chi connectivity index (χ1v) is 11.1. The van der Waals surface area contributed by atoms with E-state index in [4.69, 9.17) is 11.6 Å². The number of hydrogen-bond acceptors (Lipinski definition) is 3. The van der Waals surface area contributed by atoms with Crippen molar-refractivity contribution in [1.29, 1.82) is 0 Å². The lowest BCUT2D eigenvalue weighted by Gasteiger charge is -2.37. The Bertz CT molecular complexity index is 1150. The van der Waals surface area contributed by atoms with E-state index in [-0.39, 0.29) is 41.4 Å². The van der Waals surface area contributed by atoms with Crippen LogP contribution in [0.3, 0.4) is 0 Å². The van der Waals surface area contributed by atoms with Crippen LogP contribution in [0.4, 0.5) is 11.4 Å². The van der Waals surface area contributed by atoms with Crippen molar-refractivity contribution in [2.75, 3.05) is 10.2 Å². The molecule has 6 heteroatoms. The quantitative estimate of drug-likeness (QED) is 0.575. The van der Waals surface area contributed by atoms with Gasteiger partial charge in [-0.15, -0.1) is 0 Å². The zero-order chi connectivity index (χ0) is 21.4. The number of nitrogens with zero attached hydrogens (tertiary/aromatic N) is 1. The number of rotatable bonds is 3. The summed E-state index contributed by atoms with van der Waals surface area (Å²) < 4.78 is 0. The highest BCUT2D eigenvalue weighted by Gasteiger charge is 2.67. The van der Waals surface area contributed by atoms with Gasteiger partial charge in [-0.05, 0) is 72.9 Å². The lowest BCUT2D eigenvalue weighted by Crippen LogP contribution is -2.40. The molecule has 3 fully saturated rings. The fourth-order valence-corrected chi connectivity index (χ4v) is 6.11. The zero-order valence-electron chi connectivity index (χ0n) is 16.9. The van der Waals surface area contributed by atoms with Crippen molar-refractivity contribution in [2.24, 2.45) is 35.5 Å². The van der Waals surface area contributed by atoms with Crippen LogP contribution in [0.2, 0.25) is 5.02 Å². The van der Waals surface area contributed by atoms with Crippen LogP contribution in [0.25, 0.3) is 0 Å². The van der Waals surface area contributed by atoms with Crippen LogP contribution in [0.5, 0.6) is 0 Å². The Labute approximate surface area is 185 Å². The molecule has 0 radical (unpaired) electrons. The number of anilines is 2. The monoisotopic (exact) mass is 432 g/mol. The zero-order valence-corrected chi connectivity index (χ0v) is 17.7. The second-order valence-corrected chi connectivity index (χ2v) is 9.49. The van der Waals surface area contributed by atoms with E-state index < -0.39 is 0 Å². The number of benzene rings is 2. The highest BCUT2D eigenvalue weighted by atomic mass is 35.5. The number of carbonyl (C=O) groups is 3. The van der Waals surface area contributed by atoms with Gasteiger partial charge in [-0.2, -0.15) is 0 Å². The van der Waals surface area contributed by atoms with Gasteiger partial charge >= 0.3 is 0 Å². The van der Waals surface area contributed by atoms with Crippen molar-refractivity contribution < 1.29 is 14.4 Å². The molecule has 1 aliphatic heterocycles. The van der Waals surface area contributed by atoms with Crippen molar-refractivity contribution in [3.8, 4) is 0 Å². The third-order valence-corrected chi connectivity index (χ3v) is 7.95. The van der Waals surface area contributed by atoms with Gasteiger partial charge in [0, 0.05) is 16.3 Å². The molecule has 2 bridgehead atoms. The first-order valence-electron chi connectivity index (χ1n) is 10.7. The topological polar surface area (TPSA) is 66.5 Å². The molecule has 5 nitrogen and oxygen atoms in total. The minimum absolute atomic E-state index is 0.122. The molecule has 0 unspecified atom stereocenters. The Hall–Kier alpha value is -2.92. The SMILES string of the molecule is Cc1c(Cl)cccc1NC(=O)c1cccc(N2C(=O)[C@@H]3[C@H]4C=C[C@@H]([C@@H]5C[C@H]45)[C@H]3C2=O)c1. The van der Waals surface area contributed by atoms with Crippen molar-refractivity contribution in [1.82, 2.24) is 0 Å². The summed E-state index contributed by atoms with van der Waals surface area (Å²) in [6.45, 7) is 1.84. The Morgan fingerprint density at radius 1 is 1.00 bits per heavy atom. The smallest absolute Gasteiger partial charge is 0.255 e. The Morgan fingerprint density at radius 3 is 2.32 bits per heavy atom. The maximum absolute atomic E-state index is 13.3. The van der Waals surface area contributed by atoms with Crippen LogP contribution < -0.4 is 10.2 Å². The van der Waals surface area contributed by atoms with Crippen LogP contribution in [0.1, 0.15) is 22.3 Å². The van der Waals surface area contributed by atoms with Gasteiger partial charge in [0.25, 0.3) is 5.91 Å². The number of allylic oxidation sites excluding steroid dienone is 2. The second kappa shape index (κ2) is 6.54. The fraction of sp³-hybridized carbons (Fsp3) is 0.320. The minimum Gasteiger partial charge on any atom is -0.322 e. The highest BCUT2D eigenvalue weighted by Crippen LogP contribution is 2.65. The van der Waals surface area contributed by atoms with E-state index in [9.17, 15) is 14.4 Å². The summed E-state index contributed by atoms with van der Waals surface area (Å²) in [6.07, 6.45) is 5.45. The summed E-state index contributed by atoms with van der Waals surface area (Å²) >= 11 is 6.15. The molecule has 1 heterocycles. The van der Waals surface area contributed by atoms with E-state index in [0.29, 0.717) is 33.8 Å². The number of hydrogen-bond donors (Lipinski definition) is 1. The predicted octanol–water partition coefficient (Wildman–Crippen LogP) is 4.46. The van der Waals surface area contributed by atoms with Gasteiger partial charge in [0.05, 0.1) is 17.5 Å². The number of carbonyl (C=O) groups excluding carboxylic acids is 3. The molecule has 2 aromatic carbocycles. The maximum Gasteiger partial charge on any atom is 0.255 e. The second-order valence-electron chi connectivity index (χ2n) is 9.08. The average molecular weight is 433 g/mol. The van der Waals surface area contributed by atoms with Crippen molar-refractivity contribution in [2.45, 2.75) is 13.3 Å². The molecule has 0 spiro atoms. The van der Waals surface area contributed by atoms with Gasteiger partial charge in [0.2, 0.25) is 11.8 Å². The van der Waals surface area contributed by atoms with Gasteiger partial charge < -0.3 is 5.32 Å². The molecule has 0 aromatic heterocycles. The van der Waals surface area contributed by atoms with Crippen LogP contribution >= 0.6 is 11.6 Å². The summed E-state index contributed by atoms with van der Waals surface area (Å²) in [5.74, 6) is 0.419. The first kappa shape index (κ1) is 18.8. The normalized spacial score (nSPS) is 32.1. The van der Waals surface area contributed by atoms with Crippen LogP contribution in [-0.4, -0.2) is 17.7 Å². The molecule has 2 aromatic rings. The molecular weight excluding hydrogens is 412 g/mol. The van der Waals surface area contributed by atoms with Crippen molar-refractivity contribution in [3.05, 3.63) is 70.8 Å².